The van der Waals surface area contributed by atoms with E-state index in [9.17, 15) is 23.1 Å². The van der Waals surface area contributed by atoms with Crippen LogP contribution in [0.3, 0.4) is 0 Å². The lowest BCUT2D eigenvalue weighted by atomic mass is 10.1. The number of aromatic amines is 1. The number of nitrogens with zero attached hydrogens (tertiary/aromatic N) is 5. The summed E-state index contributed by atoms with van der Waals surface area (Å²) in [5.74, 6) is -0.866. The zero-order valence-electron chi connectivity index (χ0n) is 17.9. The van der Waals surface area contributed by atoms with Gasteiger partial charge in [-0.15, -0.1) is 0 Å². The SMILES string of the molecule is C=C(/C=N\C=C(/C)F)[C@H]1C[C@H](F)CN1C(=O)c1n[nH]c2ncnc(N[C@H]3C[C@H](F)C[C@@H]3O)c12. The Morgan fingerprint density at radius 2 is 2.12 bits per heavy atom. The third-order valence-electron chi connectivity index (χ3n) is 5.79. The molecule has 5 atom stereocenters. The molecule has 2 aromatic heterocycles. The van der Waals surface area contributed by atoms with Crippen LogP contribution < -0.4 is 5.32 Å². The number of halogens is 3. The molecule has 1 amide bonds. The first kappa shape index (κ1) is 22.9. The Morgan fingerprint density at radius 3 is 2.82 bits per heavy atom. The predicted octanol–water partition coefficient (Wildman–Crippen LogP) is 2.64. The van der Waals surface area contributed by atoms with E-state index in [-0.39, 0.29) is 48.4 Å². The van der Waals surface area contributed by atoms with Gasteiger partial charge in [-0.3, -0.25) is 14.9 Å². The molecule has 0 bridgehead atoms. The Kier molecular flexibility index (Phi) is 6.45. The van der Waals surface area contributed by atoms with Gasteiger partial charge in [-0.2, -0.15) is 5.10 Å². The van der Waals surface area contributed by atoms with Crippen LogP contribution in [0.4, 0.5) is 19.0 Å². The van der Waals surface area contributed by atoms with E-state index in [1.807, 2.05) is 0 Å². The summed E-state index contributed by atoms with van der Waals surface area (Å²) in [6.07, 6.45) is 0.331. The van der Waals surface area contributed by atoms with Gasteiger partial charge in [0.05, 0.1) is 36.3 Å². The topological polar surface area (TPSA) is 119 Å². The number of nitrogens with one attached hydrogen (secondary N) is 2. The predicted molar refractivity (Wildman–Crippen MR) is 116 cm³/mol. The van der Waals surface area contributed by atoms with Crippen LogP contribution in [0.25, 0.3) is 11.0 Å². The maximum Gasteiger partial charge on any atom is 0.275 e. The highest BCUT2D eigenvalue weighted by atomic mass is 19.1. The van der Waals surface area contributed by atoms with E-state index in [0.717, 1.165) is 6.20 Å². The Bertz CT molecular complexity index is 1110. The number of fused-ring (bicyclic) bond motifs is 1. The maximum absolute atomic E-state index is 14.3. The Labute approximate surface area is 187 Å². The molecule has 0 radical (unpaired) electrons. The minimum atomic E-state index is -1.28. The molecule has 4 rings (SSSR count). The Balaban J connectivity index is 1.63. The van der Waals surface area contributed by atoms with Gasteiger partial charge < -0.3 is 15.3 Å². The van der Waals surface area contributed by atoms with Crippen molar-refractivity contribution in [3.05, 3.63) is 36.2 Å². The van der Waals surface area contributed by atoms with Gasteiger partial charge in [0.15, 0.2) is 11.3 Å². The van der Waals surface area contributed by atoms with Gasteiger partial charge in [0.25, 0.3) is 5.91 Å². The number of alkyl halides is 2. The molecule has 2 fully saturated rings. The highest BCUT2D eigenvalue weighted by Crippen LogP contribution is 2.31. The highest BCUT2D eigenvalue weighted by molar-refractivity contribution is 6.08. The molecule has 33 heavy (non-hydrogen) atoms. The van der Waals surface area contributed by atoms with Crippen LogP contribution in [0.15, 0.2) is 35.5 Å². The number of aromatic nitrogens is 4. The average molecular weight is 463 g/mol. The lowest BCUT2D eigenvalue weighted by Crippen LogP contribution is -2.37. The summed E-state index contributed by atoms with van der Waals surface area (Å²) in [5, 5.41) is 20.1. The summed E-state index contributed by atoms with van der Waals surface area (Å²) in [6, 6.07) is -1.28. The van der Waals surface area contributed by atoms with Gasteiger partial charge >= 0.3 is 0 Å². The molecule has 1 aliphatic carbocycles. The fourth-order valence-corrected chi connectivity index (χ4v) is 4.23. The largest absolute Gasteiger partial charge is 0.391 e. The van der Waals surface area contributed by atoms with Gasteiger partial charge in [0.2, 0.25) is 0 Å². The molecule has 9 nitrogen and oxygen atoms in total. The van der Waals surface area contributed by atoms with Crippen molar-refractivity contribution in [3.63, 3.8) is 0 Å². The minimum Gasteiger partial charge on any atom is -0.391 e. The molecule has 0 spiro atoms. The molecular weight excluding hydrogens is 439 g/mol. The van der Waals surface area contributed by atoms with Crippen molar-refractivity contribution < 1.29 is 23.1 Å². The molecule has 1 saturated carbocycles. The number of hydrogen-bond donors (Lipinski definition) is 3. The smallest absolute Gasteiger partial charge is 0.275 e. The lowest BCUT2D eigenvalue weighted by Gasteiger charge is -2.24. The second-order valence-electron chi connectivity index (χ2n) is 8.28. The van der Waals surface area contributed by atoms with Crippen molar-refractivity contribution in [1.29, 1.82) is 0 Å². The molecule has 176 valence electrons. The summed E-state index contributed by atoms with van der Waals surface area (Å²) < 4.78 is 40.9. The standard InChI is InChI=1S/C21H24F3N7O2/c1-10(6-25-7-11(2)22)15-4-13(24)8-31(15)21(33)18-17-19(26-9-27-20(17)30-29-18)28-14-3-12(23)5-16(14)32/h6-7,9,12-16,32H,1,3-5,8H2,2H3,(H2,26,27,28,29,30)/b11-7+,25-6-/t12-,13-,14-,15+,16-/m0/s1. The van der Waals surface area contributed by atoms with E-state index in [4.69, 9.17) is 0 Å². The minimum absolute atomic E-state index is 0.0111. The van der Waals surface area contributed by atoms with Crippen LogP contribution in [0.5, 0.6) is 0 Å². The molecule has 1 aliphatic heterocycles. The first-order chi connectivity index (χ1) is 15.7. The summed E-state index contributed by atoms with van der Waals surface area (Å²) in [5.41, 5.74) is 0.566. The number of rotatable bonds is 6. The number of anilines is 1. The molecule has 3 heterocycles. The first-order valence-electron chi connectivity index (χ1n) is 10.5. The van der Waals surface area contributed by atoms with Crippen molar-refractivity contribution >= 4 is 29.0 Å². The molecule has 3 N–H and O–H groups in total. The number of likely N-dealkylation sites (tertiary alicyclic amines) is 1. The summed E-state index contributed by atoms with van der Waals surface area (Å²) >= 11 is 0. The number of carbonyl (C=O) groups is 1. The molecule has 0 aromatic carbocycles. The number of allylic oxidation sites excluding steroid dienone is 1. The fourth-order valence-electron chi connectivity index (χ4n) is 4.23. The third kappa shape index (κ3) is 4.75. The van der Waals surface area contributed by atoms with Gasteiger partial charge in [-0.1, -0.05) is 6.58 Å². The summed E-state index contributed by atoms with van der Waals surface area (Å²) in [4.78, 5) is 26.7. The van der Waals surface area contributed by atoms with Gasteiger partial charge in [-0.25, -0.2) is 23.1 Å². The Hall–Kier alpha value is -3.28. The van der Waals surface area contributed by atoms with Crippen LogP contribution in [-0.4, -0.2) is 79.4 Å². The third-order valence-corrected chi connectivity index (χ3v) is 5.79. The number of aliphatic hydroxyl groups is 1. The van der Waals surface area contributed by atoms with Crippen LogP contribution in [0, 0.1) is 0 Å². The number of hydrogen-bond acceptors (Lipinski definition) is 7. The van der Waals surface area contributed by atoms with E-state index < -0.39 is 42.3 Å². The van der Waals surface area contributed by atoms with Crippen LogP contribution >= 0.6 is 0 Å². The first-order valence-corrected chi connectivity index (χ1v) is 10.5. The second kappa shape index (κ2) is 9.30. The number of H-pyrrole nitrogens is 1. The fraction of sp³-hybridized carbons (Fsp3) is 0.476. The van der Waals surface area contributed by atoms with Crippen LogP contribution in [0.1, 0.15) is 36.7 Å². The molecule has 12 heteroatoms. The van der Waals surface area contributed by atoms with Gasteiger partial charge in [0, 0.05) is 25.5 Å². The molecule has 1 saturated heterocycles. The molecule has 0 unspecified atom stereocenters. The monoisotopic (exact) mass is 463 g/mol. The summed E-state index contributed by atoms with van der Waals surface area (Å²) in [6.45, 7) is 4.91. The average Bonchev–Trinajstić information content (AvgIpc) is 3.44. The van der Waals surface area contributed by atoms with Crippen molar-refractivity contribution in [2.75, 3.05) is 11.9 Å². The zero-order chi connectivity index (χ0) is 23.7. The van der Waals surface area contributed by atoms with E-state index in [1.54, 1.807) is 0 Å². The van der Waals surface area contributed by atoms with E-state index in [2.05, 4.69) is 37.1 Å². The second-order valence-corrected chi connectivity index (χ2v) is 8.28. The van der Waals surface area contributed by atoms with Crippen molar-refractivity contribution in [2.24, 2.45) is 4.99 Å². The Morgan fingerprint density at radius 1 is 1.33 bits per heavy atom. The summed E-state index contributed by atoms with van der Waals surface area (Å²) in [7, 11) is 0. The molecule has 2 aliphatic rings. The van der Waals surface area contributed by atoms with Crippen molar-refractivity contribution in [1.82, 2.24) is 25.1 Å². The lowest BCUT2D eigenvalue weighted by molar-refractivity contribution is 0.0746. The number of aliphatic hydroxyl groups excluding tert-OH is 1. The van der Waals surface area contributed by atoms with Gasteiger partial charge in [-0.05, 0) is 12.5 Å². The number of aliphatic imine (C=N–C) groups is 1. The zero-order valence-corrected chi connectivity index (χ0v) is 17.9. The number of carbonyl (C=O) groups excluding carboxylic acids is 1. The molecular formula is C21H24F3N7O2. The maximum atomic E-state index is 14.3. The van der Waals surface area contributed by atoms with E-state index in [0.29, 0.717) is 5.57 Å². The van der Waals surface area contributed by atoms with E-state index >= 15 is 0 Å². The quantitative estimate of drug-likeness (QED) is 0.567. The molecule has 2 aromatic rings. The van der Waals surface area contributed by atoms with Crippen LogP contribution in [0.2, 0.25) is 0 Å². The van der Waals surface area contributed by atoms with Crippen molar-refractivity contribution in [3.8, 4) is 0 Å². The van der Waals surface area contributed by atoms with Crippen molar-refractivity contribution in [2.45, 2.75) is 56.7 Å². The van der Waals surface area contributed by atoms with Gasteiger partial charge in [0.1, 0.15) is 30.3 Å². The number of amides is 1. The normalized spacial score (nSPS) is 28.2. The van der Waals surface area contributed by atoms with Crippen LogP contribution in [-0.2, 0) is 0 Å². The van der Waals surface area contributed by atoms with E-state index in [1.165, 1.54) is 24.4 Å². The highest BCUT2D eigenvalue weighted by Gasteiger charge is 2.39.